The summed E-state index contributed by atoms with van der Waals surface area (Å²) in [5.74, 6) is 0.740. The normalized spacial score (nSPS) is 10.5. The molecule has 1 atom stereocenters. The zero-order chi connectivity index (χ0) is 17.5. The predicted octanol–water partition coefficient (Wildman–Crippen LogP) is 4.57. The Bertz CT molecular complexity index is 788. The number of rotatable bonds is 4. The molecule has 0 aliphatic heterocycles. The van der Waals surface area contributed by atoms with Gasteiger partial charge in [-0.25, -0.2) is 4.45 Å². The average molecular weight is 454 g/mol. The molecule has 0 aliphatic rings. The van der Waals surface area contributed by atoms with E-state index in [-0.39, 0.29) is 0 Å². The van der Waals surface area contributed by atoms with Crippen LogP contribution in [0.25, 0.3) is 22.5 Å². The highest BCUT2D eigenvalue weighted by Gasteiger charge is 2.09. The highest BCUT2D eigenvalue weighted by atomic mass is 127. The second-order valence-corrected chi connectivity index (χ2v) is 6.72. The number of nitrogens with zero attached hydrogens (tertiary/aromatic N) is 5. The Labute approximate surface area is 156 Å². The first-order valence-electron chi connectivity index (χ1n) is 7.62. The summed E-state index contributed by atoms with van der Waals surface area (Å²) in [5, 5.41) is 15.5. The average Bonchev–Trinajstić information content (AvgIpc) is 3.12. The van der Waals surface area contributed by atoms with E-state index in [1.54, 1.807) is 0 Å². The number of nitrogens with one attached hydrogen (secondary N) is 1. The third kappa shape index (κ3) is 4.27. The molecule has 8 heteroatoms. The molecular weight excluding hydrogens is 434 g/mol. The molecular formula is C16H20IN6P. The van der Waals surface area contributed by atoms with Gasteiger partial charge in [-0.2, -0.15) is 5.10 Å². The Hall–Kier alpha value is -1.60. The molecule has 1 unspecified atom stereocenters. The van der Waals surface area contributed by atoms with Gasteiger partial charge < -0.3 is 5.32 Å². The SMILES string of the molecule is CC.CNc1ccc(-c2ccc(-c3cnn(PI)c3)c(C)n2)nn1. The van der Waals surface area contributed by atoms with E-state index in [0.29, 0.717) is 6.37 Å². The van der Waals surface area contributed by atoms with Crippen LogP contribution in [0.5, 0.6) is 0 Å². The van der Waals surface area contributed by atoms with Crippen LogP contribution in [0, 0.1) is 6.92 Å². The van der Waals surface area contributed by atoms with E-state index in [1.807, 2.05) is 62.9 Å². The van der Waals surface area contributed by atoms with Gasteiger partial charge >= 0.3 is 0 Å². The number of hydrogen-bond donors (Lipinski definition) is 1. The molecule has 6 nitrogen and oxygen atoms in total. The molecule has 0 bridgehead atoms. The second kappa shape index (κ2) is 9.03. The Kier molecular flexibility index (Phi) is 7.05. The predicted molar refractivity (Wildman–Crippen MR) is 110 cm³/mol. The third-order valence-corrected chi connectivity index (χ3v) is 5.15. The number of halogens is 1. The number of aryl methyl sites for hydroxylation is 1. The van der Waals surface area contributed by atoms with Crippen LogP contribution in [0.4, 0.5) is 5.82 Å². The molecule has 0 amide bonds. The summed E-state index contributed by atoms with van der Waals surface area (Å²) in [6.45, 7) is 6.00. The number of aromatic nitrogens is 5. The van der Waals surface area contributed by atoms with Crippen molar-refractivity contribution >= 4 is 34.2 Å². The van der Waals surface area contributed by atoms with Gasteiger partial charge in [-0.05, 0) is 47.2 Å². The molecule has 0 saturated carbocycles. The largest absolute Gasteiger partial charge is 0.372 e. The van der Waals surface area contributed by atoms with Gasteiger partial charge in [-0.1, -0.05) is 19.9 Å². The van der Waals surface area contributed by atoms with Crippen molar-refractivity contribution in [1.82, 2.24) is 24.7 Å². The first-order valence-corrected chi connectivity index (χ1v) is 11.7. The molecule has 0 saturated heterocycles. The van der Waals surface area contributed by atoms with Crippen molar-refractivity contribution in [1.29, 1.82) is 0 Å². The van der Waals surface area contributed by atoms with E-state index < -0.39 is 0 Å². The van der Waals surface area contributed by atoms with Crippen molar-refractivity contribution in [3.63, 3.8) is 0 Å². The van der Waals surface area contributed by atoms with E-state index >= 15 is 0 Å². The Morgan fingerprint density at radius 1 is 1.08 bits per heavy atom. The van der Waals surface area contributed by atoms with Crippen LogP contribution in [-0.4, -0.2) is 31.8 Å². The molecule has 0 radical (unpaired) electrons. The van der Waals surface area contributed by atoms with Crippen molar-refractivity contribution < 1.29 is 0 Å². The van der Waals surface area contributed by atoms with Crippen molar-refractivity contribution in [3.8, 4) is 22.5 Å². The van der Waals surface area contributed by atoms with Crippen LogP contribution in [0.3, 0.4) is 0 Å². The second-order valence-electron chi connectivity index (χ2n) is 4.64. The quantitative estimate of drug-likeness (QED) is 0.462. The van der Waals surface area contributed by atoms with Gasteiger partial charge in [0.15, 0.2) is 0 Å². The molecule has 0 aromatic carbocycles. The minimum atomic E-state index is 0.597. The molecule has 0 aliphatic carbocycles. The van der Waals surface area contributed by atoms with E-state index in [9.17, 15) is 0 Å². The van der Waals surface area contributed by atoms with Gasteiger partial charge in [0.2, 0.25) is 0 Å². The van der Waals surface area contributed by atoms with Crippen LogP contribution < -0.4 is 5.32 Å². The zero-order valence-corrected chi connectivity index (χ0v) is 17.2. The molecule has 3 aromatic heterocycles. The molecule has 0 spiro atoms. The summed E-state index contributed by atoms with van der Waals surface area (Å²) in [6.07, 6.45) is 4.51. The van der Waals surface area contributed by atoms with Crippen molar-refractivity contribution in [2.24, 2.45) is 0 Å². The fraction of sp³-hybridized carbons (Fsp3) is 0.250. The van der Waals surface area contributed by atoms with Crippen LogP contribution in [0.15, 0.2) is 36.7 Å². The highest BCUT2D eigenvalue weighted by Crippen LogP contribution is 2.29. The van der Waals surface area contributed by atoms with Gasteiger partial charge in [-0.3, -0.25) is 4.98 Å². The van der Waals surface area contributed by atoms with E-state index in [0.717, 1.165) is 34.0 Å². The molecule has 126 valence electrons. The summed E-state index contributed by atoms with van der Waals surface area (Å²) in [7, 11) is 1.82. The smallest absolute Gasteiger partial charge is 0.148 e. The number of pyridine rings is 1. The van der Waals surface area contributed by atoms with E-state index in [1.165, 1.54) is 0 Å². The minimum absolute atomic E-state index is 0.597. The lowest BCUT2D eigenvalue weighted by Gasteiger charge is -2.06. The maximum Gasteiger partial charge on any atom is 0.148 e. The van der Waals surface area contributed by atoms with Crippen LogP contribution in [-0.2, 0) is 0 Å². The first-order chi connectivity index (χ1) is 11.7. The van der Waals surface area contributed by atoms with Gasteiger partial charge in [0.1, 0.15) is 11.5 Å². The topological polar surface area (TPSA) is 68.5 Å². The highest BCUT2D eigenvalue weighted by molar-refractivity contribution is 14.2. The fourth-order valence-electron chi connectivity index (χ4n) is 2.12. The first kappa shape index (κ1) is 18.7. The van der Waals surface area contributed by atoms with Gasteiger partial charge in [0.25, 0.3) is 0 Å². The zero-order valence-electron chi connectivity index (χ0n) is 14.1. The molecule has 1 N–H and O–H groups in total. The summed E-state index contributed by atoms with van der Waals surface area (Å²) < 4.78 is 1.92. The molecule has 3 aromatic rings. The van der Waals surface area contributed by atoms with Gasteiger partial charge in [-0.15, -0.1) is 10.2 Å². The number of hydrogen-bond acceptors (Lipinski definition) is 5. The molecule has 3 rings (SSSR count). The summed E-state index contributed by atoms with van der Waals surface area (Å²) in [6, 6.07) is 7.83. The van der Waals surface area contributed by atoms with Crippen LogP contribution >= 0.6 is 28.4 Å². The lowest BCUT2D eigenvalue weighted by atomic mass is 10.1. The van der Waals surface area contributed by atoms with E-state index in [4.69, 9.17) is 0 Å². The number of anilines is 1. The lowest BCUT2D eigenvalue weighted by Crippen LogP contribution is -1.97. The Balaban J connectivity index is 0.00000100. The van der Waals surface area contributed by atoms with Crippen LogP contribution in [0.1, 0.15) is 19.5 Å². The van der Waals surface area contributed by atoms with E-state index in [2.05, 4.69) is 53.7 Å². The summed E-state index contributed by atoms with van der Waals surface area (Å²) in [5.41, 5.74) is 4.70. The van der Waals surface area contributed by atoms with Gasteiger partial charge in [0.05, 0.1) is 18.3 Å². The maximum absolute atomic E-state index is 4.65. The Morgan fingerprint density at radius 3 is 2.38 bits per heavy atom. The standard InChI is InChI=1S/C14H14IN6P.C2H6/c1-9-11(10-7-17-21(8-10)22-15)3-4-12(18-9)13-5-6-14(16-2)20-19-13;1-2/h3-8,22H,1-2H3,(H,16,20);1-2H3. The molecule has 3 heterocycles. The maximum atomic E-state index is 4.65. The molecule has 0 fully saturated rings. The lowest BCUT2D eigenvalue weighted by molar-refractivity contribution is 1.01. The monoisotopic (exact) mass is 454 g/mol. The summed E-state index contributed by atoms with van der Waals surface area (Å²) in [4.78, 5) is 4.65. The molecule has 24 heavy (non-hydrogen) atoms. The van der Waals surface area contributed by atoms with Crippen molar-refractivity contribution in [2.45, 2.75) is 20.8 Å². The van der Waals surface area contributed by atoms with Gasteiger partial charge in [0, 0.05) is 30.1 Å². The third-order valence-electron chi connectivity index (χ3n) is 3.25. The summed E-state index contributed by atoms with van der Waals surface area (Å²) >= 11 is 2.31. The van der Waals surface area contributed by atoms with Crippen LogP contribution in [0.2, 0.25) is 0 Å². The fourth-order valence-corrected chi connectivity index (χ4v) is 3.20. The van der Waals surface area contributed by atoms with Crippen molar-refractivity contribution in [3.05, 3.63) is 42.4 Å². The minimum Gasteiger partial charge on any atom is -0.372 e. The van der Waals surface area contributed by atoms with Crippen molar-refractivity contribution in [2.75, 3.05) is 12.4 Å². The Morgan fingerprint density at radius 2 is 1.83 bits per heavy atom.